The molecule has 6 heteroatoms. The predicted molar refractivity (Wildman–Crippen MR) is 114 cm³/mol. The van der Waals surface area contributed by atoms with Gasteiger partial charge in [0.15, 0.2) is 5.65 Å². The maximum Gasteiger partial charge on any atom is 0.256 e. The molecule has 0 radical (unpaired) electrons. The van der Waals surface area contributed by atoms with Gasteiger partial charge < -0.3 is 9.73 Å². The van der Waals surface area contributed by atoms with E-state index in [4.69, 9.17) is 9.40 Å². The fraction of sp³-hybridized carbons (Fsp3) is 0.261. The smallest absolute Gasteiger partial charge is 0.256 e. The number of amides is 1. The average Bonchev–Trinajstić information content (AvgIpc) is 3.25. The lowest BCUT2D eigenvalue weighted by Gasteiger charge is -2.12. The lowest BCUT2D eigenvalue weighted by molar-refractivity contribution is 0.102. The van der Waals surface area contributed by atoms with Gasteiger partial charge in [-0.15, -0.1) is 0 Å². The van der Waals surface area contributed by atoms with E-state index in [1.807, 2.05) is 75.7 Å². The summed E-state index contributed by atoms with van der Waals surface area (Å²) in [5.41, 5.74) is 4.60. The van der Waals surface area contributed by atoms with Crippen molar-refractivity contribution < 1.29 is 9.21 Å². The Morgan fingerprint density at radius 3 is 2.55 bits per heavy atom. The summed E-state index contributed by atoms with van der Waals surface area (Å²) in [6.45, 7) is 9.86. The maximum absolute atomic E-state index is 13.2. The minimum atomic E-state index is -0.186. The monoisotopic (exact) mass is 388 g/mol. The van der Waals surface area contributed by atoms with Gasteiger partial charge in [0.25, 0.3) is 5.91 Å². The molecular formula is C23H24N4O2. The number of para-hydroxylation sites is 1. The molecule has 3 heterocycles. The maximum atomic E-state index is 13.2. The Bertz CT molecular complexity index is 1220. The van der Waals surface area contributed by atoms with Crippen molar-refractivity contribution in [3.8, 4) is 11.3 Å². The van der Waals surface area contributed by atoms with E-state index in [9.17, 15) is 4.79 Å². The molecule has 0 unspecified atom stereocenters. The zero-order valence-corrected chi connectivity index (χ0v) is 17.3. The summed E-state index contributed by atoms with van der Waals surface area (Å²) in [4.78, 5) is 18.1. The fourth-order valence-electron chi connectivity index (χ4n) is 3.51. The van der Waals surface area contributed by atoms with Crippen LogP contribution in [0.5, 0.6) is 0 Å². The van der Waals surface area contributed by atoms with Gasteiger partial charge in [0.1, 0.15) is 11.5 Å². The minimum Gasteiger partial charge on any atom is -0.466 e. The summed E-state index contributed by atoms with van der Waals surface area (Å²) >= 11 is 0. The summed E-state index contributed by atoms with van der Waals surface area (Å²) < 4.78 is 7.53. The van der Waals surface area contributed by atoms with E-state index in [1.54, 1.807) is 6.20 Å². The fourth-order valence-corrected chi connectivity index (χ4v) is 3.51. The number of anilines is 1. The van der Waals surface area contributed by atoms with Crippen LogP contribution in [0, 0.1) is 20.8 Å². The minimum absolute atomic E-state index is 0.120. The number of carbonyl (C=O) groups excluding carboxylic acids is 1. The second-order valence-corrected chi connectivity index (χ2v) is 7.57. The molecule has 6 nitrogen and oxygen atoms in total. The molecule has 0 spiro atoms. The number of rotatable bonds is 4. The van der Waals surface area contributed by atoms with E-state index in [-0.39, 0.29) is 11.9 Å². The highest BCUT2D eigenvalue weighted by atomic mass is 16.3. The molecule has 0 saturated heterocycles. The SMILES string of the molecule is Cc1cc(-c2cc(C(=O)Nc3ccccc3C)c3cnn(C(C)C)c3n2)c(C)o1. The van der Waals surface area contributed by atoms with Gasteiger partial charge in [-0.3, -0.25) is 4.79 Å². The van der Waals surface area contributed by atoms with Crippen molar-refractivity contribution in [1.82, 2.24) is 14.8 Å². The predicted octanol–water partition coefficient (Wildman–Crippen LogP) is 5.45. The Morgan fingerprint density at radius 2 is 1.90 bits per heavy atom. The Balaban J connectivity index is 1.89. The Labute approximate surface area is 169 Å². The van der Waals surface area contributed by atoms with Gasteiger partial charge in [0.2, 0.25) is 0 Å². The molecule has 1 N–H and O–H groups in total. The van der Waals surface area contributed by atoms with E-state index >= 15 is 0 Å². The van der Waals surface area contributed by atoms with E-state index in [1.165, 1.54) is 0 Å². The second-order valence-electron chi connectivity index (χ2n) is 7.57. The van der Waals surface area contributed by atoms with E-state index < -0.39 is 0 Å². The van der Waals surface area contributed by atoms with Crippen LogP contribution in [0.2, 0.25) is 0 Å². The van der Waals surface area contributed by atoms with Crippen molar-refractivity contribution in [2.24, 2.45) is 0 Å². The quantitative estimate of drug-likeness (QED) is 0.504. The molecule has 1 aromatic carbocycles. The molecule has 3 aromatic heterocycles. The normalized spacial score (nSPS) is 11.4. The molecule has 29 heavy (non-hydrogen) atoms. The van der Waals surface area contributed by atoms with Gasteiger partial charge in [0, 0.05) is 17.3 Å². The summed E-state index contributed by atoms with van der Waals surface area (Å²) in [6, 6.07) is 11.6. The number of nitrogens with one attached hydrogen (secondary N) is 1. The Kier molecular flexibility index (Phi) is 4.70. The molecule has 0 atom stereocenters. The molecule has 148 valence electrons. The van der Waals surface area contributed by atoms with Crippen LogP contribution in [0.4, 0.5) is 5.69 Å². The van der Waals surface area contributed by atoms with Crippen LogP contribution >= 0.6 is 0 Å². The van der Waals surface area contributed by atoms with Crippen LogP contribution in [0.1, 0.15) is 47.3 Å². The van der Waals surface area contributed by atoms with Crippen molar-refractivity contribution in [3.05, 3.63) is 65.2 Å². The number of furan rings is 1. The summed E-state index contributed by atoms with van der Waals surface area (Å²) in [7, 11) is 0. The molecule has 0 fully saturated rings. The molecule has 1 amide bonds. The summed E-state index contributed by atoms with van der Waals surface area (Å²) in [5.74, 6) is 1.40. The van der Waals surface area contributed by atoms with Crippen molar-refractivity contribution in [2.75, 3.05) is 5.32 Å². The molecule has 0 bridgehead atoms. The average molecular weight is 388 g/mol. The third-order valence-electron chi connectivity index (χ3n) is 5.01. The first-order valence-electron chi connectivity index (χ1n) is 9.68. The van der Waals surface area contributed by atoms with Crippen molar-refractivity contribution >= 4 is 22.6 Å². The number of nitrogens with zero attached hydrogens (tertiary/aromatic N) is 3. The zero-order valence-electron chi connectivity index (χ0n) is 17.3. The number of aromatic nitrogens is 3. The number of hydrogen-bond donors (Lipinski definition) is 1. The third-order valence-corrected chi connectivity index (χ3v) is 5.01. The summed E-state index contributed by atoms with van der Waals surface area (Å²) in [5, 5.41) is 8.23. The van der Waals surface area contributed by atoms with Crippen LogP contribution in [0.3, 0.4) is 0 Å². The number of hydrogen-bond acceptors (Lipinski definition) is 4. The number of benzene rings is 1. The number of aryl methyl sites for hydroxylation is 3. The van der Waals surface area contributed by atoms with Crippen molar-refractivity contribution in [2.45, 2.75) is 40.7 Å². The molecular weight excluding hydrogens is 364 g/mol. The third kappa shape index (κ3) is 3.42. The van der Waals surface area contributed by atoms with E-state index in [0.29, 0.717) is 16.9 Å². The van der Waals surface area contributed by atoms with Gasteiger partial charge in [0.05, 0.1) is 22.8 Å². The highest BCUT2D eigenvalue weighted by Gasteiger charge is 2.20. The number of pyridine rings is 1. The molecule has 0 aliphatic carbocycles. The van der Waals surface area contributed by atoms with Crippen LogP contribution in [0.15, 0.2) is 47.0 Å². The molecule has 4 aromatic rings. The summed E-state index contributed by atoms with van der Waals surface area (Å²) in [6.07, 6.45) is 1.71. The standard InChI is InChI=1S/C23H24N4O2/c1-13(2)27-22-19(12-24-27)18(23(28)26-20-9-7-6-8-14(20)3)11-21(25-22)17-10-15(4)29-16(17)5/h6-13H,1-5H3,(H,26,28). The van der Waals surface area contributed by atoms with Crippen LogP contribution < -0.4 is 5.32 Å². The first kappa shape index (κ1) is 18.9. The zero-order chi connectivity index (χ0) is 20.7. The molecule has 0 aliphatic rings. The Morgan fingerprint density at radius 1 is 1.14 bits per heavy atom. The van der Waals surface area contributed by atoms with Gasteiger partial charge in [-0.05, 0) is 58.4 Å². The first-order chi connectivity index (χ1) is 13.8. The van der Waals surface area contributed by atoms with Crippen molar-refractivity contribution in [1.29, 1.82) is 0 Å². The van der Waals surface area contributed by atoms with Gasteiger partial charge >= 0.3 is 0 Å². The molecule has 0 saturated carbocycles. The van der Waals surface area contributed by atoms with Crippen LogP contribution in [-0.2, 0) is 0 Å². The highest BCUT2D eigenvalue weighted by molar-refractivity contribution is 6.12. The first-order valence-corrected chi connectivity index (χ1v) is 9.68. The number of fused-ring (bicyclic) bond motifs is 1. The van der Waals surface area contributed by atoms with Gasteiger partial charge in [-0.1, -0.05) is 18.2 Å². The molecule has 4 rings (SSSR count). The lowest BCUT2D eigenvalue weighted by Crippen LogP contribution is -2.14. The van der Waals surface area contributed by atoms with Gasteiger partial charge in [-0.2, -0.15) is 5.10 Å². The van der Waals surface area contributed by atoms with Crippen molar-refractivity contribution in [3.63, 3.8) is 0 Å². The topological polar surface area (TPSA) is 73.0 Å². The van der Waals surface area contributed by atoms with Gasteiger partial charge in [-0.25, -0.2) is 9.67 Å². The van der Waals surface area contributed by atoms with Crippen LogP contribution in [-0.4, -0.2) is 20.7 Å². The van der Waals surface area contributed by atoms with E-state index in [2.05, 4.69) is 10.4 Å². The largest absolute Gasteiger partial charge is 0.466 e. The highest BCUT2D eigenvalue weighted by Crippen LogP contribution is 2.30. The lowest BCUT2D eigenvalue weighted by atomic mass is 10.1. The second kappa shape index (κ2) is 7.20. The molecule has 0 aliphatic heterocycles. The van der Waals surface area contributed by atoms with E-state index in [0.717, 1.165) is 33.7 Å². The Hall–Kier alpha value is -3.41. The van der Waals surface area contributed by atoms with Crippen LogP contribution in [0.25, 0.3) is 22.3 Å². The number of carbonyl (C=O) groups is 1.